The zero-order chi connectivity index (χ0) is 10.1. The molecule has 14 heavy (non-hydrogen) atoms. The van der Waals surface area contributed by atoms with Crippen LogP contribution in [0.5, 0.6) is 0 Å². The molecule has 0 radical (unpaired) electrons. The number of hydrogen-bond donors (Lipinski definition) is 0. The molecule has 2 atom stereocenters. The van der Waals surface area contributed by atoms with E-state index < -0.39 is 12.0 Å². The third kappa shape index (κ3) is 1.43. The maximum Gasteiger partial charge on any atom is 0.307 e. The van der Waals surface area contributed by atoms with Crippen LogP contribution in [0, 0.1) is 5.92 Å². The van der Waals surface area contributed by atoms with Crippen LogP contribution in [0.3, 0.4) is 0 Å². The average Bonchev–Trinajstić information content (AvgIpc) is 2.70. The van der Waals surface area contributed by atoms with Gasteiger partial charge >= 0.3 is 5.97 Å². The van der Waals surface area contributed by atoms with Crippen molar-refractivity contribution >= 4 is 11.8 Å². The zero-order valence-corrected chi connectivity index (χ0v) is 7.73. The van der Waals surface area contributed by atoms with Crippen molar-refractivity contribution < 1.29 is 18.7 Å². The highest BCUT2D eigenvalue weighted by Gasteiger charge is 2.40. The summed E-state index contributed by atoms with van der Waals surface area (Å²) in [6.07, 6.45) is 1.12. The van der Waals surface area contributed by atoms with Gasteiger partial charge in [0, 0.05) is 0 Å². The number of esters is 1. The van der Waals surface area contributed by atoms with E-state index in [4.69, 9.17) is 9.15 Å². The summed E-state index contributed by atoms with van der Waals surface area (Å²) in [7, 11) is 0. The van der Waals surface area contributed by atoms with Crippen molar-refractivity contribution in [2.45, 2.75) is 19.4 Å². The van der Waals surface area contributed by atoms with Gasteiger partial charge in [-0.2, -0.15) is 0 Å². The van der Waals surface area contributed by atoms with Crippen LogP contribution in [0.15, 0.2) is 22.8 Å². The van der Waals surface area contributed by atoms with Crippen LogP contribution in [0.25, 0.3) is 0 Å². The van der Waals surface area contributed by atoms with Gasteiger partial charge in [-0.1, -0.05) is 0 Å². The Hall–Kier alpha value is -1.58. The third-order valence-electron chi connectivity index (χ3n) is 2.36. The fraction of sp³-hybridized carbons (Fsp3) is 0.400. The first kappa shape index (κ1) is 8.99. The van der Waals surface area contributed by atoms with E-state index >= 15 is 0 Å². The molecule has 1 fully saturated rings. The van der Waals surface area contributed by atoms with Crippen molar-refractivity contribution in [2.75, 3.05) is 0 Å². The Morgan fingerprint density at radius 3 is 2.93 bits per heavy atom. The highest BCUT2D eigenvalue weighted by atomic mass is 16.6. The van der Waals surface area contributed by atoms with Crippen molar-refractivity contribution in [3.63, 3.8) is 0 Å². The molecule has 4 heteroatoms. The van der Waals surface area contributed by atoms with Gasteiger partial charge in [0.05, 0.1) is 18.6 Å². The smallest absolute Gasteiger partial charge is 0.307 e. The summed E-state index contributed by atoms with van der Waals surface area (Å²) >= 11 is 0. The fourth-order valence-corrected chi connectivity index (χ4v) is 1.62. The largest absolute Gasteiger partial charge is 0.465 e. The minimum Gasteiger partial charge on any atom is -0.465 e. The minimum absolute atomic E-state index is 0.0442. The molecule has 1 aliphatic heterocycles. The van der Waals surface area contributed by atoms with E-state index in [1.807, 2.05) is 0 Å². The first-order valence-corrected chi connectivity index (χ1v) is 4.42. The van der Waals surface area contributed by atoms with Crippen LogP contribution in [0.1, 0.15) is 25.2 Å². The monoisotopic (exact) mass is 194 g/mol. The molecule has 0 aromatic carbocycles. The first-order chi connectivity index (χ1) is 6.68. The van der Waals surface area contributed by atoms with E-state index in [1.54, 1.807) is 12.1 Å². The molecule has 74 valence electrons. The van der Waals surface area contributed by atoms with Gasteiger partial charge in [0.15, 0.2) is 6.10 Å². The molecular weight excluding hydrogens is 184 g/mol. The van der Waals surface area contributed by atoms with Crippen LogP contribution in [0.4, 0.5) is 0 Å². The van der Waals surface area contributed by atoms with Crippen LogP contribution in [-0.2, 0) is 14.3 Å². The zero-order valence-electron chi connectivity index (χ0n) is 7.73. The Balaban J connectivity index is 2.26. The summed E-state index contributed by atoms with van der Waals surface area (Å²) in [4.78, 5) is 22.3. The highest BCUT2D eigenvalue weighted by molar-refractivity contribution is 5.86. The second kappa shape index (κ2) is 3.29. The van der Waals surface area contributed by atoms with E-state index in [9.17, 15) is 9.59 Å². The Kier molecular flexibility index (Phi) is 2.11. The number of furan rings is 1. The second-order valence-electron chi connectivity index (χ2n) is 3.35. The molecular formula is C10H10O4. The minimum atomic E-state index is -0.532. The first-order valence-electron chi connectivity index (χ1n) is 4.42. The standard InChI is InChI=1S/C10H10O4/c1-6(11)7-5-9(12)14-10(7)8-3-2-4-13-8/h2-4,7,10H,5H2,1H3. The SMILES string of the molecule is CC(=O)C1CC(=O)OC1c1ccco1. The van der Waals surface area contributed by atoms with Crippen LogP contribution in [0.2, 0.25) is 0 Å². The highest BCUT2D eigenvalue weighted by Crippen LogP contribution is 2.35. The fourth-order valence-electron chi connectivity index (χ4n) is 1.62. The Bertz CT molecular complexity index is 352. The lowest BCUT2D eigenvalue weighted by atomic mass is 9.96. The van der Waals surface area contributed by atoms with Crippen molar-refractivity contribution in [2.24, 2.45) is 5.92 Å². The number of hydrogen-bond acceptors (Lipinski definition) is 4. The Labute approximate surface area is 80.8 Å². The van der Waals surface area contributed by atoms with E-state index in [1.165, 1.54) is 13.2 Å². The molecule has 1 aromatic heterocycles. The van der Waals surface area contributed by atoms with Gasteiger partial charge in [0.1, 0.15) is 11.5 Å². The number of Topliss-reactive ketones (excluding diaryl/α,β-unsaturated/α-hetero) is 1. The van der Waals surface area contributed by atoms with E-state index in [-0.39, 0.29) is 18.2 Å². The molecule has 0 amide bonds. The molecule has 0 N–H and O–H groups in total. The van der Waals surface area contributed by atoms with Crippen molar-refractivity contribution in [3.8, 4) is 0 Å². The van der Waals surface area contributed by atoms with Gasteiger partial charge in [-0.05, 0) is 19.1 Å². The summed E-state index contributed by atoms with van der Waals surface area (Å²) in [6.45, 7) is 1.46. The molecule has 4 nitrogen and oxygen atoms in total. The van der Waals surface area contributed by atoms with Gasteiger partial charge < -0.3 is 9.15 Å². The third-order valence-corrected chi connectivity index (χ3v) is 2.36. The van der Waals surface area contributed by atoms with Crippen LogP contribution in [-0.4, -0.2) is 11.8 Å². The molecule has 1 aliphatic rings. The lowest BCUT2D eigenvalue weighted by Gasteiger charge is -2.11. The maximum atomic E-state index is 11.2. The number of cyclic esters (lactones) is 1. The molecule has 0 spiro atoms. The molecule has 2 rings (SSSR count). The van der Waals surface area contributed by atoms with Crippen molar-refractivity contribution in [3.05, 3.63) is 24.2 Å². The van der Waals surface area contributed by atoms with Crippen LogP contribution < -0.4 is 0 Å². The van der Waals surface area contributed by atoms with Gasteiger partial charge in [-0.25, -0.2) is 0 Å². The number of ketones is 1. The number of ether oxygens (including phenoxy) is 1. The normalized spacial score (nSPS) is 26.2. The molecule has 1 aromatic rings. The van der Waals surface area contributed by atoms with E-state index in [0.29, 0.717) is 5.76 Å². The molecule has 0 saturated carbocycles. The van der Waals surface area contributed by atoms with Gasteiger partial charge in [-0.3, -0.25) is 9.59 Å². The molecule has 2 heterocycles. The Morgan fingerprint density at radius 2 is 2.36 bits per heavy atom. The van der Waals surface area contributed by atoms with Gasteiger partial charge in [0.25, 0.3) is 0 Å². The maximum absolute atomic E-state index is 11.2. The molecule has 2 unspecified atom stereocenters. The van der Waals surface area contributed by atoms with E-state index in [0.717, 1.165) is 0 Å². The summed E-state index contributed by atoms with van der Waals surface area (Å²) in [6, 6.07) is 3.41. The summed E-state index contributed by atoms with van der Waals surface area (Å²) < 4.78 is 10.1. The topological polar surface area (TPSA) is 56.5 Å². The lowest BCUT2D eigenvalue weighted by molar-refractivity contribution is -0.142. The van der Waals surface area contributed by atoms with Gasteiger partial charge in [0.2, 0.25) is 0 Å². The summed E-state index contributed by atoms with van der Waals surface area (Å²) in [5, 5.41) is 0. The van der Waals surface area contributed by atoms with Crippen molar-refractivity contribution in [1.29, 1.82) is 0 Å². The quantitative estimate of drug-likeness (QED) is 0.669. The predicted octanol–water partition coefficient (Wildman–Crippen LogP) is 1.47. The molecule has 0 bridgehead atoms. The van der Waals surface area contributed by atoms with E-state index in [2.05, 4.69) is 0 Å². The lowest BCUT2D eigenvalue weighted by Crippen LogP contribution is -2.14. The molecule has 1 saturated heterocycles. The van der Waals surface area contributed by atoms with Gasteiger partial charge in [-0.15, -0.1) is 0 Å². The van der Waals surface area contributed by atoms with Crippen LogP contribution >= 0.6 is 0 Å². The summed E-state index contributed by atoms with van der Waals surface area (Å²) in [5.41, 5.74) is 0. The second-order valence-corrected chi connectivity index (χ2v) is 3.35. The number of carbonyl (C=O) groups excluding carboxylic acids is 2. The number of carbonyl (C=O) groups is 2. The summed E-state index contributed by atoms with van der Waals surface area (Å²) in [5.74, 6) is -0.242. The van der Waals surface area contributed by atoms with Crippen molar-refractivity contribution in [1.82, 2.24) is 0 Å². The molecule has 0 aliphatic carbocycles. The Morgan fingerprint density at radius 1 is 1.57 bits per heavy atom. The average molecular weight is 194 g/mol. The predicted molar refractivity (Wildman–Crippen MR) is 46.3 cm³/mol. The number of rotatable bonds is 2.